The summed E-state index contributed by atoms with van der Waals surface area (Å²) < 4.78 is 52.3. The highest BCUT2D eigenvalue weighted by Crippen LogP contribution is 2.52. The van der Waals surface area contributed by atoms with Crippen molar-refractivity contribution in [3.63, 3.8) is 0 Å². The number of carbonyl (C=O) groups is 4. The zero-order valence-electron chi connectivity index (χ0n) is 37.7. The van der Waals surface area contributed by atoms with Gasteiger partial charge in [0.1, 0.15) is 35.6 Å². The lowest BCUT2D eigenvalue weighted by Gasteiger charge is -2.33. The Morgan fingerprint density at radius 2 is 1.75 bits per heavy atom. The first-order valence-corrected chi connectivity index (χ1v) is 24.7. The molecule has 2 aliphatic heterocycles. The zero-order valence-corrected chi connectivity index (χ0v) is 38.5. The number of rotatable bonds is 11. The van der Waals surface area contributed by atoms with E-state index in [1.807, 2.05) is 57.2 Å². The number of nitrogens with one attached hydrogen (secondary N) is 3. The third-order valence-electron chi connectivity index (χ3n) is 14.0. The second-order valence-corrected chi connectivity index (χ2v) is 21.5. The number of carbonyl (C=O) groups excluding carboxylic acids is 4. The summed E-state index contributed by atoms with van der Waals surface area (Å²) in [6, 6.07) is 8.83. The van der Waals surface area contributed by atoms with Crippen LogP contribution in [-0.4, -0.2) is 102 Å². The standard InChI is InChI=1S/C48H60N6O10S/c1-26(2)62-41-15-10-29(24-49-41)39-21-32-20-34(61-5)11-14-38(32)44(50-39)63-36-22-40-43(55)52-48(46(57)53-65(59,60)37-12-13-37)23-33(48)9-7-6-8-27(3)16-28(4)42(45(56)54(40)25-36)51-47(58)64-35-18-30-17-31(30)19-35/h7,9-11,14-15,20-21,24,26-28,30-31,33,35-37,40,42H,6,8,12-13,16-19,22-23,25H2,1-5H3,(H,51,58)(H,52,55)(H,53,57)/b9-7-/t27-,28-,30-,31+,33?,35+,36?,40+,42+,48-/m1/s1. The number of alkyl carbamates (subject to hydrolysis) is 1. The quantitative estimate of drug-likeness (QED) is 0.195. The normalized spacial score (nSPS) is 31.6. The number of pyridine rings is 2. The van der Waals surface area contributed by atoms with Crippen LogP contribution >= 0.6 is 0 Å². The van der Waals surface area contributed by atoms with Gasteiger partial charge in [-0.25, -0.2) is 23.2 Å². The molecule has 4 amide bonds. The van der Waals surface area contributed by atoms with Crippen molar-refractivity contribution < 1.29 is 46.5 Å². The summed E-state index contributed by atoms with van der Waals surface area (Å²) in [7, 11) is -2.35. The van der Waals surface area contributed by atoms with Crippen molar-refractivity contribution in [1.82, 2.24) is 30.2 Å². The Morgan fingerprint density at radius 1 is 0.969 bits per heavy atom. The summed E-state index contributed by atoms with van der Waals surface area (Å²) in [4.78, 5) is 68.4. The molecule has 2 aromatic heterocycles. The molecule has 0 radical (unpaired) electrons. The van der Waals surface area contributed by atoms with Gasteiger partial charge in [0, 0.05) is 35.6 Å². The highest BCUT2D eigenvalue weighted by atomic mass is 32.2. The molecule has 2 unspecified atom stereocenters. The van der Waals surface area contributed by atoms with Crippen molar-refractivity contribution >= 4 is 44.6 Å². The average molecular weight is 913 g/mol. The minimum absolute atomic E-state index is 0.00923. The molecule has 6 aliphatic rings. The van der Waals surface area contributed by atoms with E-state index >= 15 is 4.79 Å². The topological polar surface area (TPSA) is 204 Å². The Balaban J connectivity index is 1.05. The van der Waals surface area contributed by atoms with Gasteiger partial charge in [0.25, 0.3) is 5.91 Å². The molecule has 16 nitrogen and oxygen atoms in total. The molecule has 4 heterocycles. The van der Waals surface area contributed by atoms with Crippen LogP contribution < -0.4 is 29.6 Å². The van der Waals surface area contributed by atoms with E-state index < -0.39 is 68.7 Å². The molecule has 3 aromatic rings. The molecule has 1 aromatic carbocycles. The number of nitrogens with zero attached hydrogens (tertiary/aromatic N) is 3. The highest BCUT2D eigenvalue weighted by Gasteiger charge is 2.62. The van der Waals surface area contributed by atoms with E-state index in [-0.39, 0.29) is 49.3 Å². The fraction of sp³-hybridized carbons (Fsp3) is 0.583. The molecule has 0 bridgehead atoms. The summed E-state index contributed by atoms with van der Waals surface area (Å²) in [5, 5.41) is 6.65. The van der Waals surface area contributed by atoms with E-state index in [0.717, 1.165) is 31.1 Å². The lowest BCUT2D eigenvalue weighted by atomic mass is 9.88. The number of sulfonamides is 1. The molecule has 1 saturated heterocycles. The third kappa shape index (κ3) is 9.75. The number of fused-ring (bicyclic) bond motifs is 4. The van der Waals surface area contributed by atoms with Crippen LogP contribution in [0.2, 0.25) is 0 Å². The monoisotopic (exact) mass is 912 g/mol. The minimum atomic E-state index is -3.93. The summed E-state index contributed by atoms with van der Waals surface area (Å²) in [5.41, 5.74) is -0.290. The Kier molecular flexibility index (Phi) is 12.2. The van der Waals surface area contributed by atoms with E-state index in [9.17, 15) is 22.8 Å². The maximum Gasteiger partial charge on any atom is 0.408 e. The van der Waals surface area contributed by atoms with E-state index in [1.165, 1.54) is 4.90 Å². The molecule has 65 heavy (non-hydrogen) atoms. The van der Waals surface area contributed by atoms with Crippen LogP contribution in [0.25, 0.3) is 22.0 Å². The van der Waals surface area contributed by atoms with Crippen molar-refractivity contribution in [3.05, 3.63) is 54.7 Å². The lowest BCUT2D eigenvalue weighted by Crippen LogP contribution is -2.59. The van der Waals surface area contributed by atoms with Crippen molar-refractivity contribution in [2.45, 2.75) is 133 Å². The molecule has 10 atom stereocenters. The number of amides is 4. The first kappa shape index (κ1) is 44.7. The Hall–Kier alpha value is -5.45. The van der Waals surface area contributed by atoms with Crippen LogP contribution in [-0.2, 0) is 29.1 Å². The zero-order chi connectivity index (χ0) is 45.8. The predicted molar refractivity (Wildman–Crippen MR) is 240 cm³/mol. The SMILES string of the molecule is COc1ccc2c(OC3C[C@H]4C(=O)N[C@]5(C(=O)NS(=O)(=O)C6CC6)CC5/C=C\CC[C@@H](C)C[C@@H](C)[C@H](NC(=O)O[C@@H]5C[C@@H]6C[C@@H]6C5)C(=O)N4C3)nc(-c3ccc(OC(C)C)nc3)cc2c1. The first-order chi connectivity index (χ1) is 31.1. The number of ether oxygens (including phenoxy) is 4. The molecule has 5 fully saturated rings. The van der Waals surface area contributed by atoms with Crippen LogP contribution in [0.5, 0.6) is 17.5 Å². The maximum absolute atomic E-state index is 15.2. The highest BCUT2D eigenvalue weighted by molar-refractivity contribution is 7.91. The van der Waals surface area contributed by atoms with Gasteiger partial charge in [0.2, 0.25) is 33.6 Å². The molecule has 9 rings (SSSR count). The Bertz CT molecular complexity index is 2470. The molecule has 0 spiro atoms. The second-order valence-electron chi connectivity index (χ2n) is 19.6. The van der Waals surface area contributed by atoms with Gasteiger partial charge < -0.3 is 34.5 Å². The summed E-state index contributed by atoms with van der Waals surface area (Å²) in [5.74, 6) is -0.0477. The molecule has 348 valence electrons. The molecular formula is C48H60N6O10S. The number of allylic oxidation sites excluding steroid dienone is 1. The summed E-state index contributed by atoms with van der Waals surface area (Å²) in [6.45, 7) is 7.82. The smallest absolute Gasteiger partial charge is 0.408 e. The largest absolute Gasteiger partial charge is 0.497 e. The number of methoxy groups -OCH3 is 1. The summed E-state index contributed by atoms with van der Waals surface area (Å²) >= 11 is 0. The number of benzene rings is 1. The maximum atomic E-state index is 15.2. The molecule has 17 heteroatoms. The number of aromatic nitrogens is 2. The van der Waals surface area contributed by atoms with E-state index in [2.05, 4.69) is 27.3 Å². The number of hydrogen-bond acceptors (Lipinski definition) is 12. The van der Waals surface area contributed by atoms with Crippen molar-refractivity contribution in [3.8, 4) is 28.8 Å². The van der Waals surface area contributed by atoms with Gasteiger partial charge in [0.05, 0.1) is 30.7 Å². The van der Waals surface area contributed by atoms with Crippen molar-refractivity contribution in [1.29, 1.82) is 0 Å². The van der Waals surface area contributed by atoms with E-state index in [4.69, 9.17) is 23.9 Å². The van der Waals surface area contributed by atoms with Gasteiger partial charge in [-0.2, -0.15) is 0 Å². The van der Waals surface area contributed by atoms with Crippen molar-refractivity contribution in [2.75, 3.05) is 13.7 Å². The lowest BCUT2D eigenvalue weighted by molar-refractivity contribution is -0.142. The second kappa shape index (κ2) is 17.7. The molecule has 4 saturated carbocycles. The van der Waals surface area contributed by atoms with Gasteiger partial charge in [-0.05, 0) is 131 Å². The van der Waals surface area contributed by atoms with Crippen molar-refractivity contribution in [2.24, 2.45) is 29.6 Å². The van der Waals surface area contributed by atoms with Gasteiger partial charge in [0.15, 0.2) is 0 Å². The van der Waals surface area contributed by atoms with Crippen LogP contribution in [0.3, 0.4) is 0 Å². The minimum Gasteiger partial charge on any atom is -0.497 e. The third-order valence-corrected chi connectivity index (χ3v) is 15.9. The van der Waals surface area contributed by atoms with Gasteiger partial charge in [-0.1, -0.05) is 26.0 Å². The average Bonchev–Trinajstić information content (AvgIpc) is 4.23. The fourth-order valence-corrected chi connectivity index (χ4v) is 11.5. The first-order valence-electron chi connectivity index (χ1n) is 23.2. The van der Waals surface area contributed by atoms with Crippen LogP contribution in [0.4, 0.5) is 4.79 Å². The molecule has 4 aliphatic carbocycles. The predicted octanol–water partition coefficient (Wildman–Crippen LogP) is 5.83. The fourth-order valence-electron chi connectivity index (χ4n) is 10.1. The van der Waals surface area contributed by atoms with E-state index in [1.54, 1.807) is 25.4 Å². The van der Waals surface area contributed by atoms with Gasteiger partial charge in [-0.15, -0.1) is 0 Å². The van der Waals surface area contributed by atoms with Crippen LogP contribution in [0.15, 0.2) is 54.7 Å². The Labute approximate surface area is 380 Å². The Morgan fingerprint density at radius 3 is 2.46 bits per heavy atom. The van der Waals surface area contributed by atoms with Gasteiger partial charge in [-0.3, -0.25) is 19.1 Å². The number of hydrogen-bond donors (Lipinski definition) is 3. The van der Waals surface area contributed by atoms with Crippen LogP contribution in [0, 0.1) is 29.6 Å². The summed E-state index contributed by atoms with van der Waals surface area (Å²) in [6.07, 6.45) is 9.78. The van der Waals surface area contributed by atoms with Crippen LogP contribution in [0.1, 0.15) is 91.9 Å². The van der Waals surface area contributed by atoms with Gasteiger partial charge >= 0.3 is 6.09 Å². The molecule has 3 N–H and O–H groups in total. The molecular weight excluding hydrogens is 853 g/mol. The van der Waals surface area contributed by atoms with E-state index in [0.29, 0.717) is 65.8 Å².